The molecule has 3 heteroatoms. The molecule has 0 bridgehead atoms. The van der Waals surface area contributed by atoms with Gasteiger partial charge in [-0.15, -0.1) is 11.8 Å². The van der Waals surface area contributed by atoms with Crippen molar-refractivity contribution in [1.29, 1.82) is 0 Å². The van der Waals surface area contributed by atoms with Gasteiger partial charge in [0.2, 0.25) is 0 Å². The van der Waals surface area contributed by atoms with Gasteiger partial charge in [-0.2, -0.15) is 0 Å². The summed E-state index contributed by atoms with van der Waals surface area (Å²) in [7, 11) is 0. The summed E-state index contributed by atoms with van der Waals surface area (Å²) in [5.74, 6) is 0. The van der Waals surface area contributed by atoms with Gasteiger partial charge < -0.3 is 5.73 Å². The summed E-state index contributed by atoms with van der Waals surface area (Å²) in [5.41, 5.74) is 6.79. The zero-order valence-corrected chi connectivity index (χ0v) is 10.4. The second-order valence-corrected chi connectivity index (χ2v) is 6.39. The van der Waals surface area contributed by atoms with Crippen molar-refractivity contribution in [3.8, 4) is 0 Å². The smallest absolute Gasteiger partial charge is 0.0545 e. The van der Waals surface area contributed by atoms with Gasteiger partial charge in [0.05, 0.1) is 5.02 Å². The van der Waals surface area contributed by atoms with E-state index in [0.717, 1.165) is 15.5 Å². The van der Waals surface area contributed by atoms with Crippen molar-refractivity contribution in [2.45, 2.75) is 37.0 Å². The SMILES string of the molecule is CC(C)(C)Sc1c(Cl)cccc1CN. The first-order valence-corrected chi connectivity index (χ1v) is 5.80. The molecule has 0 saturated heterocycles. The van der Waals surface area contributed by atoms with Gasteiger partial charge in [0.25, 0.3) is 0 Å². The molecule has 0 fully saturated rings. The predicted octanol–water partition coefficient (Wildman–Crippen LogP) is 3.69. The molecule has 0 atom stereocenters. The van der Waals surface area contributed by atoms with Crippen LogP contribution in [0.2, 0.25) is 5.02 Å². The van der Waals surface area contributed by atoms with Crippen molar-refractivity contribution < 1.29 is 0 Å². The number of hydrogen-bond acceptors (Lipinski definition) is 2. The summed E-state index contributed by atoms with van der Waals surface area (Å²) >= 11 is 7.90. The third-order valence-electron chi connectivity index (χ3n) is 1.68. The molecule has 0 aliphatic carbocycles. The second kappa shape index (κ2) is 4.56. The van der Waals surface area contributed by atoms with Gasteiger partial charge in [-0.1, -0.05) is 44.5 Å². The van der Waals surface area contributed by atoms with Crippen LogP contribution in [0.1, 0.15) is 26.3 Å². The molecule has 0 amide bonds. The quantitative estimate of drug-likeness (QED) is 0.783. The van der Waals surface area contributed by atoms with Crippen molar-refractivity contribution in [2.24, 2.45) is 5.73 Å². The van der Waals surface area contributed by atoms with E-state index < -0.39 is 0 Å². The molecule has 14 heavy (non-hydrogen) atoms. The molecule has 1 rings (SSSR count). The van der Waals surface area contributed by atoms with Crippen LogP contribution < -0.4 is 5.73 Å². The summed E-state index contributed by atoms with van der Waals surface area (Å²) in [6.07, 6.45) is 0. The summed E-state index contributed by atoms with van der Waals surface area (Å²) < 4.78 is 0.162. The van der Waals surface area contributed by atoms with E-state index in [2.05, 4.69) is 20.8 Å². The lowest BCUT2D eigenvalue weighted by Gasteiger charge is -2.20. The highest BCUT2D eigenvalue weighted by atomic mass is 35.5. The number of benzene rings is 1. The minimum atomic E-state index is 0.162. The van der Waals surface area contributed by atoms with Crippen LogP contribution in [0, 0.1) is 0 Å². The van der Waals surface area contributed by atoms with Gasteiger partial charge in [0, 0.05) is 16.2 Å². The predicted molar refractivity (Wildman–Crippen MR) is 65.0 cm³/mol. The molecule has 1 aromatic rings. The highest BCUT2D eigenvalue weighted by Gasteiger charge is 2.16. The monoisotopic (exact) mass is 229 g/mol. The highest BCUT2D eigenvalue weighted by Crippen LogP contribution is 2.38. The normalized spacial score (nSPS) is 11.8. The van der Waals surface area contributed by atoms with Crippen molar-refractivity contribution in [2.75, 3.05) is 0 Å². The molecule has 0 aliphatic rings. The zero-order chi connectivity index (χ0) is 10.8. The van der Waals surface area contributed by atoms with Crippen molar-refractivity contribution in [3.63, 3.8) is 0 Å². The Morgan fingerprint density at radius 3 is 2.50 bits per heavy atom. The molecule has 78 valence electrons. The summed E-state index contributed by atoms with van der Waals surface area (Å²) in [6.45, 7) is 7.04. The molecule has 2 N–H and O–H groups in total. The molecule has 1 aromatic carbocycles. The minimum absolute atomic E-state index is 0.162. The molecule has 0 aliphatic heterocycles. The van der Waals surface area contributed by atoms with Crippen LogP contribution in [0.15, 0.2) is 23.1 Å². The lowest BCUT2D eigenvalue weighted by atomic mass is 10.2. The fourth-order valence-corrected chi connectivity index (χ4v) is 2.50. The third-order valence-corrected chi connectivity index (χ3v) is 3.40. The Hall–Kier alpha value is -0.180. The first-order valence-electron chi connectivity index (χ1n) is 4.60. The number of thioether (sulfide) groups is 1. The molecule has 0 spiro atoms. The maximum Gasteiger partial charge on any atom is 0.0545 e. The van der Waals surface area contributed by atoms with E-state index in [-0.39, 0.29) is 4.75 Å². The second-order valence-electron chi connectivity index (χ2n) is 4.15. The van der Waals surface area contributed by atoms with Gasteiger partial charge in [-0.05, 0) is 11.6 Å². The van der Waals surface area contributed by atoms with Crippen LogP contribution in [0.25, 0.3) is 0 Å². The van der Waals surface area contributed by atoms with E-state index in [4.69, 9.17) is 17.3 Å². The lowest BCUT2D eigenvalue weighted by molar-refractivity contribution is 0.801. The topological polar surface area (TPSA) is 26.0 Å². The molecule has 0 radical (unpaired) electrons. The fraction of sp³-hybridized carbons (Fsp3) is 0.455. The van der Waals surface area contributed by atoms with Crippen molar-refractivity contribution >= 4 is 23.4 Å². The van der Waals surface area contributed by atoms with E-state index in [1.807, 2.05) is 18.2 Å². The van der Waals surface area contributed by atoms with Crippen LogP contribution in [0.4, 0.5) is 0 Å². The summed E-state index contributed by atoms with van der Waals surface area (Å²) in [4.78, 5) is 1.11. The Morgan fingerprint density at radius 2 is 2.00 bits per heavy atom. The van der Waals surface area contributed by atoms with E-state index >= 15 is 0 Å². The lowest BCUT2D eigenvalue weighted by Crippen LogP contribution is -2.09. The van der Waals surface area contributed by atoms with Gasteiger partial charge in [0.15, 0.2) is 0 Å². The Balaban J connectivity index is 3.05. The third kappa shape index (κ3) is 3.19. The Kier molecular flexibility index (Phi) is 3.87. The van der Waals surface area contributed by atoms with Gasteiger partial charge in [-0.3, -0.25) is 0 Å². The zero-order valence-electron chi connectivity index (χ0n) is 8.80. The average Bonchev–Trinajstić information content (AvgIpc) is 2.06. The molecular formula is C11H16ClNS. The van der Waals surface area contributed by atoms with Crippen LogP contribution in [-0.2, 0) is 6.54 Å². The van der Waals surface area contributed by atoms with E-state index in [0.29, 0.717) is 6.54 Å². The molecule has 0 unspecified atom stereocenters. The van der Waals surface area contributed by atoms with Gasteiger partial charge in [0.1, 0.15) is 0 Å². The highest BCUT2D eigenvalue weighted by molar-refractivity contribution is 8.00. The van der Waals surface area contributed by atoms with Gasteiger partial charge in [-0.25, -0.2) is 0 Å². The Morgan fingerprint density at radius 1 is 1.36 bits per heavy atom. The van der Waals surface area contributed by atoms with E-state index in [9.17, 15) is 0 Å². The van der Waals surface area contributed by atoms with Crippen LogP contribution >= 0.6 is 23.4 Å². The minimum Gasteiger partial charge on any atom is -0.326 e. The molecule has 1 nitrogen and oxygen atoms in total. The number of nitrogens with two attached hydrogens (primary N) is 1. The summed E-state index contributed by atoms with van der Waals surface area (Å²) in [5, 5.41) is 0.799. The Bertz CT molecular complexity index is 318. The van der Waals surface area contributed by atoms with E-state index in [1.54, 1.807) is 11.8 Å². The standard InChI is InChI=1S/C11H16ClNS/c1-11(2,3)14-10-8(7-13)5-4-6-9(10)12/h4-6H,7,13H2,1-3H3. The van der Waals surface area contributed by atoms with Crippen LogP contribution in [0.3, 0.4) is 0 Å². The van der Waals surface area contributed by atoms with Crippen LogP contribution in [0.5, 0.6) is 0 Å². The summed E-state index contributed by atoms with van der Waals surface area (Å²) in [6, 6.07) is 5.88. The van der Waals surface area contributed by atoms with Crippen LogP contribution in [-0.4, -0.2) is 4.75 Å². The number of rotatable bonds is 2. The van der Waals surface area contributed by atoms with Gasteiger partial charge >= 0.3 is 0 Å². The Labute approximate surface area is 95.0 Å². The molecule has 0 heterocycles. The van der Waals surface area contributed by atoms with Crippen molar-refractivity contribution in [3.05, 3.63) is 28.8 Å². The molecular weight excluding hydrogens is 214 g/mol. The largest absolute Gasteiger partial charge is 0.326 e. The fourth-order valence-electron chi connectivity index (χ4n) is 1.13. The molecule has 0 aromatic heterocycles. The molecule has 0 saturated carbocycles. The first-order chi connectivity index (χ1) is 6.44. The number of hydrogen-bond donors (Lipinski definition) is 1. The van der Waals surface area contributed by atoms with Crippen molar-refractivity contribution in [1.82, 2.24) is 0 Å². The maximum absolute atomic E-state index is 6.14. The first kappa shape index (κ1) is 11.9. The average molecular weight is 230 g/mol. The van der Waals surface area contributed by atoms with E-state index in [1.165, 1.54) is 0 Å². The number of halogens is 1. The maximum atomic E-state index is 6.14.